The summed E-state index contributed by atoms with van der Waals surface area (Å²) in [5.41, 5.74) is 0. The number of thiazole rings is 1. The monoisotopic (exact) mass is 245 g/mol. The molecule has 7 heteroatoms. The zero-order valence-corrected chi connectivity index (χ0v) is 9.61. The number of amides is 1. The highest BCUT2D eigenvalue weighted by molar-refractivity contribution is 7.13. The zero-order valence-electron chi connectivity index (χ0n) is 8.80. The predicted molar refractivity (Wildman–Crippen MR) is 61.4 cm³/mol. The van der Waals surface area contributed by atoms with Gasteiger partial charge in [-0.3, -0.25) is 9.69 Å². The van der Waals surface area contributed by atoms with Gasteiger partial charge in [0.15, 0.2) is 5.13 Å². The van der Waals surface area contributed by atoms with E-state index in [9.17, 15) is 4.79 Å². The maximum Gasteiger partial charge on any atom is 0.240 e. The summed E-state index contributed by atoms with van der Waals surface area (Å²) in [6.45, 7) is 0.799. The molecule has 0 unspecified atom stereocenters. The molecule has 16 heavy (non-hydrogen) atoms. The third-order valence-electron chi connectivity index (χ3n) is 1.88. The highest BCUT2D eigenvalue weighted by atomic mass is 32.1. The average molecular weight is 245 g/mol. The van der Waals surface area contributed by atoms with Crippen LogP contribution < -0.4 is 5.32 Å². The first-order valence-electron chi connectivity index (χ1n) is 4.89. The van der Waals surface area contributed by atoms with E-state index in [4.69, 9.17) is 10.2 Å². The van der Waals surface area contributed by atoms with Gasteiger partial charge in [0.2, 0.25) is 5.91 Å². The van der Waals surface area contributed by atoms with Gasteiger partial charge in [0.05, 0.1) is 19.8 Å². The molecule has 0 radical (unpaired) electrons. The predicted octanol–water partition coefficient (Wildman–Crippen LogP) is -0.632. The van der Waals surface area contributed by atoms with Gasteiger partial charge in [0.1, 0.15) is 0 Å². The molecule has 1 heterocycles. The lowest BCUT2D eigenvalue weighted by atomic mass is 10.4. The Kier molecular flexibility index (Phi) is 5.94. The number of aliphatic hydroxyl groups excluding tert-OH is 2. The first kappa shape index (κ1) is 13.0. The van der Waals surface area contributed by atoms with Gasteiger partial charge >= 0.3 is 0 Å². The minimum Gasteiger partial charge on any atom is -0.395 e. The summed E-state index contributed by atoms with van der Waals surface area (Å²) in [5, 5.41) is 22.5. The second-order valence-corrected chi connectivity index (χ2v) is 4.00. The SMILES string of the molecule is O=C(CN(CCO)CCO)Nc1nccs1. The van der Waals surface area contributed by atoms with Crippen LogP contribution in [0.3, 0.4) is 0 Å². The normalized spacial score (nSPS) is 10.7. The Morgan fingerprint density at radius 1 is 1.44 bits per heavy atom. The topological polar surface area (TPSA) is 85.7 Å². The molecule has 90 valence electrons. The van der Waals surface area contributed by atoms with Crippen molar-refractivity contribution in [2.24, 2.45) is 0 Å². The molecule has 1 rings (SSSR count). The Morgan fingerprint density at radius 3 is 2.62 bits per heavy atom. The lowest BCUT2D eigenvalue weighted by molar-refractivity contribution is -0.117. The van der Waals surface area contributed by atoms with Crippen molar-refractivity contribution in [2.45, 2.75) is 0 Å². The third kappa shape index (κ3) is 4.67. The number of nitrogens with one attached hydrogen (secondary N) is 1. The minimum atomic E-state index is -0.197. The van der Waals surface area contributed by atoms with Gasteiger partial charge < -0.3 is 15.5 Å². The first-order chi connectivity index (χ1) is 7.76. The van der Waals surface area contributed by atoms with Crippen LogP contribution in [0.1, 0.15) is 0 Å². The van der Waals surface area contributed by atoms with Crippen molar-refractivity contribution in [1.29, 1.82) is 0 Å². The quantitative estimate of drug-likeness (QED) is 0.595. The van der Waals surface area contributed by atoms with E-state index < -0.39 is 0 Å². The molecule has 6 nitrogen and oxygen atoms in total. The summed E-state index contributed by atoms with van der Waals surface area (Å²) in [4.78, 5) is 17.1. The van der Waals surface area contributed by atoms with Crippen molar-refractivity contribution in [1.82, 2.24) is 9.88 Å². The van der Waals surface area contributed by atoms with E-state index >= 15 is 0 Å². The summed E-state index contributed by atoms with van der Waals surface area (Å²) in [7, 11) is 0. The molecule has 0 aliphatic heterocycles. The number of hydrogen-bond acceptors (Lipinski definition) is 6. The van der Waals surface area contributed by atoms with Crippen LogP contribution in [-0.4, -0.2) is 58.9 Å². The van der Waals surface area contributed by atoms with Crippen LogP contribution in [0.15, 0.2) is 11.6 Å². The average Bonchev–Trinajstić information content (AvgIpc) is 2.71. The van der Waals surface area contributed by atoms with Crippen LogP contribution in [0.25, 0.3) is 0 Å². The van der Waals surface area contributed by atoms with Gasteiger partial charge in [-0.15, -0.1) is 11.3 Å². The van der Waals surface area contributed by atoms with E-state index in [1.807, 2.05) is 0 Å². The Morgan fingerprint density at radius 2 is 2.12 bits per heavy atom. The standard InChI is InChI=1S/C9H15N3O3S/c13-4-2-12(3-5-14)7-8(15)11-9-10-1-6-16-9/h1,6,13-14H,2-5,7H2,(H,10,11,15). The number of carbonyl (C=O) groups is 1. The molecule has 0 aliphatic rings. The van der Waals surface area contributed by atoms with Crippen LogP contribution in [0.5, 0.6) is 0 Å². The molecule has 0 atom stereocenters. The number of anilines is 1. The van der Waals surface area contributed by atoms with Gasteiger partial charge in [-0.2, -0.15) is 0 Å². The largest absolute Gasteiger partial charge is 0.395 e. The van der Waals surface area contributed by atoms with Crippen molar-refractivity contribution in [3.05, 3.63) is 11.6 Å². The summed E-state index contributed by atoms with van der Waals surface area (Å²) >= 11 is 1.34. The van der Waals surface area contributed by atoms with Crippen LogP contribution in [-0.2, 0) is 4.79 Å². The molecule has 0 bridgehead atoms. The molecule has 0 saturated carbocycles. The smallest absolute Gasteiger partial charge is 0.240 e. The molecule has 1 amide bonds. The highest BCUT2D eigenvalue weighted by Crippen LogP contribution is 2.09. The molecule has 0 aliphatic carbocycles. The van der Waals surface area contributed by atoms with Crippen LogP contribution in [0, 0.1) is 0 Å². The maximum atomic E-state index is 11.5. The van der Waals surface area contributed by atoms with Gasteiger partial charge in [-0.25, -0.2) is 4.98 Å². The minimum absolute atomic E-state index is 0.0372. The fourth-order valence-corrected chi connectivity index (χ4v) is 1.74. The molecular weight excluding hydrogens is 230 g/mol. The van der Waals surface area contributed by atoms with E-state index in [1.165, 1.54) is 11.3 Å². The lowest BCUT2D eigenvalue weighted by Crippen LogP contribution is -2.37. The van der Waals surface area contributed by atoms with Crippen molar-refractivity contribution in [3.8, 4) is 0 Å². The summed E-state index contributed by atoms with van der Waals surface area (Å²) < 4.78 is 0. The van der Waals surface area contributed by atoms with E-state index in [-0.39, 0.29) is 25.7 Å². The molecule has 1 aromatic heterocycles. The Bertz CT molecular complexity index is 299. The van der Waals surface area contributed by atoms with E-state index in [0.717, 1.165) is 0 Å². The van der Waals surface area contributed by atoms with Crippen molar-refractivity contribution < 1.29 is 15.0 Å². The highest BCUT2D eigenvalue weighted by Gasteiger charge is 2.10. The maximum absolute atomic E-state index is 11.5. The lowest BCUT2D eigenvalue weighted by Gasteiger charge is -2.18. The van der Waals surface area contributed by atoms with Crippen LogP contribution >= 0.6 is 11.3 Å². The Labute approximate surface area is 97.5 Å². The fourth-order valence-electron chi connectivity index (χ4n) is 1.20. The summed E-state index contributed by atoms with van der Waals surface area (Å²) in [6, 6.07) is 0. The summed E-state index contributed by atoms with van der Waals surface area (Å²) in [5.74, 6) is -0.197. The van der Waals surface area contributed by atoms with Gasteiger partial charge in [-0.1, -0.05) is 0 Å². The molecule has 1 aromatic rings. The molecule has 0 aromatic carbocycles. The summed E-state index contributed by atoms with van der Waals surface area (Å²) in [6.07, 6.45) is 1.61. The first-order valence-corrected chi connectivity index (χ1v) is 5.77. The van der Waals surface area contributed by atoms with Crippen molar-refractivity contribution >= 4 is 22.4 Å². The van der Waals surface area contributed by atoms with Crippen molar-refractivity contribution in [3.63, 3.8) is 0 Å². The van der Waals surface area contributed by atoms with Gasteiger partial charge in [-0.05, 0) is 0 Å². The number of aliphatic hydroxyl groups is 2. The van der Waals surface area contributed by atoms with Crippen LogP contribution in [0.4, 0.5) is 5.13 Å². The molecule has 0 spiro atoms. The zero-order chi connectivity index (χ0) is 11.8. The van der Waals surface area contributed by atoms with E-state index in [0.29, 0.717) is 18.2 Å². The number of carbonyl (C=O) groups excluding carboxylic acids is 1. The van der Waals surface area contributed by atoms with Gasteiger partial charge in [0, 0.05) is 24.7 Å². The Balaban J connectivity index is 2.35. The molecule has 3 N–H and O–H groups in total. The molecule has 0 fully saturated rings. The van der Waals surface area contributed by atoms with E-state index in [2.05, 4.69) is 10.3 Å². The number of nitrogens with zero attached hydrogens (tertiary/aromatic N) is 2. The number of rotatable bonds is 7. The molecule has 0 saturated heterocycles. The van der Waals surface area contributed by atoms with E-state index in [1.54, 1.807) is 16.5 Å². The van der Waals surface area contributed by atoms with Gasteiger partial charge in [0.25, 0.3) is 0 Å². The third-order valence-corrected chi connectivity index (χ3v) is 2.57. The molecular formula is C9H15N3O3S. The van der Waals surface area contributed by atoms with Crippen LogP contribution in [0.2, 0.25) is 0 Å². The fraction of sp³-hybridized carbons (Fsp3) is 0.556. The van der Waals surface area contributed by atoms with Crippen molar-refractivity contribution in [2.75, 3.05) is 38.2 Å². The number of hydrogen-bond donors (Lipinski definition) is 3. The second-order valence-electron chi connectivity index (χ2n) is 3.11. The second kappa shape index (κ2) is 7.29. The number of aromatic nitrogens is 1. The Hall–Kier alpha value is -1.02.